The van der Waals surface area contributed by atoms with Crippen molar-refractivity contribution in [3.63, 3.8) is 0 Å². The lowest BCUT2D eigenvalue weighted by molar-refractivity contribution is 0.0996. The van der Waals surface area contributed by atoms with Gasteiger partial charge in [-0.3, -0.25) is 9.89 Å². The molecule has 0 unspecified atom stereocenters. The molecule has 0 aliphatic rings. The fraction of sp³-hybridized carbons (Fsp3) is 0. The molecule has 0 atom stereocenters. The van der Waals surface area contributed by atoms with Crippen LogP contribution in [-0.4, -0.2) is 16.1 Å². The summed E-state index contributed by atoms with van der Waals surface area (Å²) in [5.41, 5.74) is 1.88. The van der Waals surface area contributed by atoms with Crippen molar-refractivity contribution < 1.29 is 18.0 Å². The van der Waals surface area contributed by atoms with E-state index in [9.17, 15) is 13.6 Å². The number of nitrogens with zero attached hydrogens (tertiary/aromatic N) is 1. The molecule has 1 amide bonds. The van der Waals surface area contributed by atoms with E-state index in [1.165, 1.54) is 12.3 Å². The van der Waals surface area contributed by atoms with Gasteiger partial charge in [0.2, 0.25) is 0 Å². The Kier molecular flexibility index (Phi) is 3.53. The average Bonchev–Trinajstić information content (AvgIpc) is 3.27. The number of amides is 1. The average molecular weight is 339 g/mol. The highest BCUT2D eigenvalue weighted by atomic mass is 19.2. The van der Waals surface area contributed by atoms with Crippen molar-refractivity contribution in [2.45, 2.75) is 0 Å². The maximum absolute atomic E-state index is 13.4. The molecule has 0 saturated carbocycles. The van der Waals surface area contributed by atoms with E-state index in [1.807, 2.05) is 0 Å². The number of fused-ring (bicyclic) bond motifs is 1. The van der Waals surface area contributed by atoms with Gasteiger partial charge in [-0.25, -0.2) is 8.78 Å². The van der Waals surface area contributed by atoms with Crippen molar-refractivity contribution in [3.8, 4) is 11.1 Å². The lowest BCUT2D eigenvalue weighted by atomic mass is 10.0. The van der Waals surface area contributed by atoms with Gasteiger partial charge < -0.3 is 9.73 Å². The zero-order chi connectivity index (χ0) is 17.4. The molecule has 0 aliphatic heterocycles. The second-order valence-electron chi connectivity index (χ2n) is 5.39. The normalized spacial score (nSPS) is 11.0. The molecular weight excluding hydrogens is 328 g/mol. The third-order valence-corrected chi connectivity index (χ3v) is 3.79. The van der Waals surface area contributed by atoms with E-state index in [2.05, 4.69) is 15.5 Å². The molecule has 0 fully saturated rings. The third kappa shape index (κ3) is 2.76. The summed E-state index contributed by atoms with van der Waals surface area (Å²) < 4.78 is 31.5. The number of aromatic nitrogens is 2. The lowest BCUT2D eigenvalue weighted by Gasteiger charge is -2.03. The van der Waals surface area contributed by atoms with Gasteiger partial charge in [0, 0.05) is 5.39 Å². The predicted octanol–water partition coefficient (Wildman–Crippen LogP) is 4.35. The highest BCUT2D eigenvalue weighted by Gasteiger charge is 2.14. The summed E-state index contributed by atoms with van der Waals surface area (Å²) in [5, 5.41) is 10.2. The van der Waals surface area contributed by atoms with E-state index in [1.54, 1.807) is 30.3 Å². The third-order valence-electron chi connectivity index (χ3n) is 3.79. The van der Waals surface area contributed by atoms with Crippen LogP contribution in [0.3, 0.4) is 0 Å². The second-order valence-corrected chi connectivity index (χ2v) is 5.39. The van der Waals surface area contributed by atoms with Crippen molar-refractivity contribution in [2.75, 3.05) is 5.32 Å². The number of carbonyl (C=O) groups is 1. The van der Waals surface area contributed by atoms with Crippen LogP contribution in [0.5, 0.6) is 0 Å². The SMILES string of the molecule is O=C(Nc1n[nH]c2cc(-c3ccc(F)c(F)c3)ccc12)c1ccco1. The molecule has 124 valence electrons. The minimum absolute atomic E-state index is 0.176. The van der Waals surface area contributed by atoms with E-state index in [0.717, 1.165) is 12.1 Å². The summed E-state index contributed by atoms with van der Waals surface area (Å²) >= 11 is 0. The van der Waals surface area contributed by atoms with E-state index in [4.69, 9.17) is 4.42 Å². The number of anilines is 1. The molecule has 0 aliphatic carbocycles. The zero-order valence-electron chi connectivity index (χ0n) is 12.7. The number of halogens is 2. The Hall–Kier alpha value is -3.48. The van der Waals surface area contributed by atoms with Crippen LogP contribution in [0.4, 0.5) is 14.6 Å². The Balaban J connectivity index is 1.67. The maximum atomic E-state index is 13.4. The molecule has 2 heterocycles. The highest BCUT2D eigenvalue weighted by Crippen LogP contribution is 2.28. The summed E-state index contributed by atoms with van der Waals surface area (Å²) in [7, 11) is 0. The van der Waals surface area contributed by atoms with Crippen LogP contribution in [0.2, 0.25) is 0 Å². The van der Waals surface area contributed by atoms with Crippen LogP contribution in [0.25, 0.3) is 22.0 Å². The summed E-state index contributed by atoms with van der Waals surface area (Å²) in [6.45, 7) is 0. The minimum atomic E-state index is -0.909. The number of carbonyl (C=O) groups excluding carboxylic acids is 1. The first kappa shape index (κ1) is 15.1. The quantitative estimate of drug-likeness (QED) is 0.583. The number of H-pyrrole nitrogens is 1. The zero-order valence-corrected chi connectivity index (χ0v) is 12.7. The first-order valence-corrected chi connectivity index (χ1v) is 7.40. The van der Waals surface area contributed by atoms with E-state index in [0.29, 0.717) is 27.8 Å². The number of rotatable bonds is 3. The standard InChI is InChI=1S/C18H11F2N3O2/c19-13-6-4-10(8-14(13)20)11-3-5-12-15(9-11)22-23-17(12)21-18(24)16-2-1-7-25-16/h1-9H,(H2,21,22,23,24). The number of hydrogen-bond donors (Lipinski definition) is 2. The van der Waals surface area contributed by atoms with Crippen LogP contribution in [-0.2, 0) is 0 Å². The predicted molar refractivity (Wildman–Crippen MR) is 88.1 cm³/mol. The van der Waals surface area contributed by atoms with Gasteiger partial charge in [0.15, 0.2) is 23.2 Å². The minimum Gasteiger partial charge on any atom is -0.459 e. The first-order chi connectivity index (χ1) is 12.1. The topological polar surface area (TPSA) is 70.9 Å². The second kappa shape index (κ2) is 5.86. The molecule has 25 heavy (non-hydrogen) atoms. The van der Waals surface area contributed by atoms with Crippen LogP contribution < -0.4 is 5.32 Å². The van der Waals surface area contributed by atoms with Crippen LogP contribution in [0.1, 0.15) is 10.6 Å². The number of benzene rings is 2. The molecule has 5 nitrogen and oxygen atoms in total. The summed E-state index contributed by atoms with van der Waals surface area (Å²) in [4.78, 5) is 12.0. The van der Waals surface area contributed by atoms with Crippen LogP contribution in [0.15, 0.2) is 59.2 Å². The number of nitrogens with one attached hydrogen (secondary N) is 2. The Bertz CT molecular complexity index is 1070. The van der Waals surface area contributed by atoms with Crippen molar-refractivity contribution in [3.05, 3.63) is 72.2 Å². The molecule has 7 heteroatoms. The summed E-state index contributed by atoms with van der Waals surface area (Å²) in [5.74, 6) is -1.69. The van der Waals surface area contributed by atoms with Gasteiger partial charge in [0.1, 0.15) is 0 Å². The van der Waals surface area contributed by atoms with E-state index >= 15 is 0 Å². The number of hydrogen-bond acceptors (Lipinski definition) is 3. The van der Waals surface area contributed by atoms with Crippen molar-refractivity contribution >= 4 is 22.6 Å². The Labute approximate surface area is 140 Å². The fourth-order valence-electron chi connectivity index (χ4n) is 2.55. The van der Waals surface area contributed by atoms with Crippen molar-refractivity contribution in [1.29, 1.82) is 0 Å². The van der Waals surface area contributed by atoms with Gasteiger partial charge in [-0.1, -0.05) is 12.1 Å². The van der Waals surface area contributed by atoms with Gasteiger partial charge in [0.05, 0.1) is 11.8 Å². The van der Waals surface area contributed by atoms with Gasteiger partial charge in [0.25, 0.3) is 5.91 Å². The summed E-state index contributed by atoms with van der Waals surface area (Å²) in [6.07, 6.45) is 1.41. The van der Waals surface area contributed by atoms with Gasteiger partial charge in [-0.05, 0) is 47.5 Å². The molecule has 4 aromatic rings. The van der Waals surface area contributed by atoms with Crippen LogP contribution in [0, 0.1) is 11.6 Å². The fourth-order valence-corrected chi connectivity index (χ4v) is 2.55. The van der Waals surface area contributed by atoms with Gasteiger partial charge in [-0.15, -0.1) is 0 Å². The molecule has 0 saturated heterocycles. The maximum Gasteiger partial charge on any atom is 0.292 e. The lowest BCUT2D eigenvalue weighted by Crippen LogP contribution is -2.11. The van der Waals surface area contributed by atoms with E-state index in [-0.39, 0.29) is 5.76 Å². The molecular formula is C18H11F2N3O2. The number of aromatic amines is 1. The summed E-state index contributed by atoms with van der Waals surface area (Å²) in [6, 6.07) is 12.1. The molecule has 2 aromatic carbocycles. The van der Waals surface area contributed by atoms with Crippen molar-refractivity contribution in [2.24, 2.45) is 0 Å². The molecule has 2 N–H and O–H groups in total. The Morgan fingerprint density at radius 3 is 2.60 bits per heavy atom. The van der Waals surface area contributed by atoms with E-state index < -0.39 is 17.5 Å². The van der Waals surface area contributed by atoms with Crippen molar-refractivity contribution in [1.82, 2.24) is 10.2 Å². The monoisotopic (exact) mass is 339 g/mol. The number of furan rings is 1. The molecule has 0 radical (unpaired) electrons. The Morgan fingerprint density at radius 1 is 1.04 bits per heavy atom. The molecule has 0 bridgehead atoms. The highest BCUT2D eigenvalue weighted by molar-refractivity contribution is 6.06. The molecule has 2 aromatic heterocycles. The largest absolute Gasteiger partial charge is 0.459 e. The van der Waals surface area contributed by atoms with Gasteiger partial charge >= 0.3 is 0 Å². The molecule has 0 spiro atoms. The molecule has 4 rings (SSSR count). The smallest absolute Gasteiger partial charge is 0.292 e. The first-order valence-electron chi connectivity index (χ1n) is 7.40. The van der Waals surface area contributed by atoms with Gasteiger partial charge in [-0.2, -0.15) is 5.10 Å². The van der Waals surface area contributed by atoms with Crippen LogP contribution >= 0.6 is 0 Å². The Morgan fingerprint density at radius 2 is 1.84 bits per heavy atom.